The van der Waals surface area contributed by atoms with Crippen LogP contribution in [0.3, 0.4) is 0 Å². The first-order valence-electron chi connectivity index (χ1n) is 10.3. The molecule has 2 aromatic carbocycles. The largest absolute Gasteiger partial charge is 0.496 e. The Labute approximate surface area is 201 Å². The smallest absolute Gasteiger partial charge is 0.191 e. The van der Waals surface area contributed by atoms with E-state index in [4.69, 9.17) is 9.73 Å². The van der Waals surface area contributed by atoms with E-state index in [1.165, 1.54) is 11.1 Å². The van der Waals surface area contributed by atoms with E-state index in [0.717, 1.165) is 50.0 Å². The third-order valence-electron chi connectivity index (χ3n) is 4.80. The van der Waals surface area contributed by atoms with Crippen LogP contribution in [-0.4, -0.2) is 40.9 Å². The van der Waals surface area contributed by atoms with E-state index in [0.29, 0.717) is 6.54 Å². The number of rotatable bonds is 10. The van der Waals surface area contributed by atoms with Gasteiger partial charge in [0.1, 0.15) is 17.9 Å². The number of hydrogen-bond donors (Lipinski definition) is 2. The molecular formula is C23H31IN6O. The predicted molar refractivity (Wildman–Crippen MR) is 135 cm³/mol. The summed E-state index contributed by atoms with van der Waals surface area (Å²) in [6.07, 6.45) is 3.49. The minimum absolute atomic E-state index is 0. The molecule has 1 heterocycles. The summed E-state index contributed by atoms with van der Waals surface area (Å²) in [7, 11) is 1.70. The number of para-hydroxylation sites is 1. The summed E-state index contributed by atoms with van der Waals surface area (Å²) >= 11 is 0. The number of ether oxygens (including phenoxy) is 1. The third kappa shape index (κ3) is 7.86. The van der Waals surface area contributed by atoms with Crippen LogP contribution in [-0.2, 0) is 25.9 Å². The Morgan fingerprint density at radius 2 is 1.77 bits per heavy atom. The molecule has 7 nitrogen and oxygen atoms in total. The number of benzene rings is 2. The summed E-state index contributed by atoms with van der Waals surface area (Å²) in [6, 6.07) is 18.3. The molecule has 0 spiro atoms. The summed E-state index contributed by atoms with van der Waals surface area (Å²) < 4.78 is 7.51. The molecule has 3 rings (SSSR count). The lowest BCUT2D eigenvalue weighted by Crippen LogP contribution is -2.40. The first-order chi connectivity index (χ1) is 14.8. The van der Waals surface area contributed by atoms with E-state index >= 15 is 0 Å². The monoisotopic (exact) mass is 534 g/mol. The van der Waals surface area contributed by atoms with Gasteiger partial charge in [-0.15, -0.1) is 34.2 Å². The van der Waals surface area contributed by atoms with Crippen molar-refractivity contribution in [1.82, 2.24) is 25.4 Å². The average molecular weight is 534 g/mol. The molecule has 0 aliphatic heterocycles. The topological polar surface area (TPSA) is 76.4 Å². The fraction of sp³-hybridized carbons (Fsp3) is 0.348. The Morgan fingerprint density at radius 3 is 2.55 bits per heavy atom. The number of aromatic nitrogens is 3. The maximum Gasteiger partial charge on any atom is 0.191 e. The van der Waals surface area contributed by atoms with Crippen LogP contribution in [0.25, 0.3) is 0 Å². The van der Waals surface area contributed by atoms with Crippen molar-refractivity contribution in [3.8, 4) is 5.75 Å². The SMILES string of the molecule is CCc1nncn1CCNC(=NCc1ccccc1)NCCc1ccccc1OC.I. The number of nitrogens with zero attached hydrogens (tertiary/aromatic N) is 4. The molecule has 0 aliphatic rings. The Bertz CT molecular complexity index is 929. The Morgan fingerprint density at radius 1 is 1.03 bits per heavy atom. The van der Waals surface area contributed by atoms with Gasteiger partial charge in [0.15, 0.2) is 5.96 Å². The molecule has 0 saturated carbocycles. The highest BCUT2D eigenvalue weighted by molar-refractivity contribution is 14.0. The number of guanidine groups is 1. The molecule has 0 unspecified atom stereocenters. The predicted octanol–water partition coefficient (Wildman–Crippen LogP) is 3.45. The van der Waals surface area contributed by atoms with Crippen LogP contribution in [0.15, 0.2) is 65.9 Å². The van der Waals surface area contributed by atoms with E-state index in [-0.39, 0.29) is 24.0 Å². The van der Waals surface area contributed by atoms with Gasteiger partial charge in [-0.3, -0.25) is 0 Å². The molecule has 0 saturated heterocycles. The molecule has 8 heteroatoms. The number of aliphatic imine (C=N–C) groups is 1. The van der Waals surface area contributed by atoms with Crippen LogP contribution < -0.4 is 15.4 Å². The second kappa shape index (κ2) is 13.6. The highest BCUT2D eigenvalue weighted by Gasteiger charge is 2.05. The Hall–Kier alpha value is -2.62. The average Bonchev–Trinajstić information content (AvgIpc) is 3.25. The summed E-state index contributed by atoms with van der Waals surface area (Å²) in [4.78, 5) is 4.75. The van der Waals surface area contributed by atoms with Crippen molar-refractivity contribution in [3.63, 3.8) is 0 Å². The maximum atomic E-state index is 5.45. The Kier molecular flexibility index (Phi) is 10.8. The van der Waals surface area contributed by atoms with Crippen LogP contribution >= 0.6 is 24.0 Å². The zero-order chi connectivity index (χ0) is 21.0. The lowest BCUT2D eigenvalue weighted by molar-refractivity contribution is 0.409. The van der Waals surface area contributed by atoms with Gasteiger partial charge in [0.05, 0.1) is 13.7 Å². The quantitative estimate of drug-likeness (QED) is 0.237. The van der Waals surface area contributed by atoms with Gasteiger partial charge in [-0.2, -0.15) is 0 Å². The van der Waals surface area contributed by atoms with Crippen molar-refractivity contribution >= 4 is 29.9 Å². The minimum atomic E-state index is 0. The van der Waals surface area contributed by atoms with Gasteiger partial charge in [-0.1, -0.05) is 55.5 Å². The van der Waals surface area contributed by atoms with Crippen molar-refractivity contribution in [2.45, 2.75) is 32.9 Å². The van der Waals surface area contributed by atoms with Gasteiger partial charge in [0, 0.05) is 26.1 Å². The minimum Gasteiger partial charge on any atom is -0.496 e. The van der Waals surface area contributed by atoms with E-state index < -0.39 is 0 Å². The highest BCUT2D eigenvalue weighted by Crippen LogP contribution is 2.17. The van der Waals surface area contributed by atoms with Crippen molar-refractivity contribution in [2.75, 3.05) is 20.2 Å². The number of hydrogen-bond acceptors (Lipinski definition) is 4. The van der Waals surface area contributed by atoms with Gasteiger partial charge in [0.2, 0.25) is 0 Å². The number of nitrogens with one attached hydrogen (secondary N) is 2. The number of halogens is 1. The zero-order valence-corrected chi connectivity index (χ0v) is 20.5. The molecule has 0 radical (unpaired) electrons. The van der Waals surface area contributed by atoms with E-state index in [1.54, 1.807) is 13.4 Å². The van der Waals surface area contributed by atoms with Gasteiger partial charge in [-0.05, 0) is 23.6 Å². The first-order valence-corrected chi connectivity index (χ1v) is 10.3. The lowest BCUT2D eigenvalue weighted by atomic mass is 10.1. The van der Waals surface area contributed by atoms with E-state index in [2.05, 4.69) is 50.5 Å². The van der Waals surface area contributed by atoms with Gasteiger partial charge < -0.3 is 19.9 Å². The number of aryl methyl sites for hydroxylation is 1. The second-order valence-corrected chi connectivity index (χ2v) is 6.86. The van der Waals surface area contributed by atoms with Crippen LogP contribution in [0.5, 0.6) is 5.75 Å². The molecular weight excluding hydrogens is 503 g/mol. The summed E-state index contributed by atoms with van der Waals surface area (Å²) in [5.74, 6) is 2.69. The second-order valence-electron chi connectivity index (χ2n) is 6.86. The van der Waals surface area contributed by atoms with Crippen LogP contribution in [0, 0.1) is 0 Å². The molecule has 31 heavy (non-hydrogen) atoms. The molecule has 0 atom stereocenters. The maximum absolute atomic E-state index is 5.45. The molecule has 0 bridgehead atoms. The molecule has 3 aromatic rings. The van der Waals surface area contributed by atoms with Gasteiger partial charge in [-0.25, -0.2) is 4.99 Å². The van der Waals surface area contributed by atoms with Crippen LogP contribution in [0.4, 0.5) is 0 Å². The summed E-state index contributed by atoms with van der Waals surface area (Å²) in [5.41, 5.74) is 2.35. The Balaban J connectivity index is 0.00000341. The van der Waals surface area contributed by atoms with Crippen molar-refractivity contribution < 1.29 is 4.74 Å². The van der Waals surface area contributed by atoms with E-state index in [1.807, 2.05) is 36.4 Å². The van der Waals surface area contributed by atoms with Crippen molar-refractivity contribution in [3.05, 3.63) is 77.9 Å². The van der Waals surface area contributed by atoms with Crippen LogP contribution in [0.2, 0.25) is 0 Å². The number of methoxy groups -OCH3 is 1. The standard InChI is InChI=1S/C23H30N6O.HI/c1-3-22-28-27-18-29(22)16-15-25-23(26-17-19-9-5-4-6-10-19)24-14-13-20-11-7-8-12-21(20)30-2;/h4-12,18H,3,13-17H2,1-2H3,(H2,24,25,26);1H. The fourth-order valence-corrected chi connectivity index (χ4v) is 3.19. The van der Waals surface area contributed by atoms with Gasteiger partial charge in [0.25, 0.3) is 0 Å². The van der Waals surface area contributed by atoms with Crippen molar-refractivity contribution in [2.24, 2.45) is 4.99 Å². The zero-order valence-electron chi connectivity index (χ0n) is 18.1. The third-order valence-corrected chi connectivity index (χ3v) is 4.80. The van der Waals surface area contributed by atoms with Crippen molar-refractivity contribution in [1.29, 1.82) is 0 Å². The summed E-state index contributed by atoms with van der Waals surface area (Å²) in [5, 5.41) is 15.0. The highest BCUT2D eigenvalue weighted by atomic mass is 127. The molecule has 0 aliphatic carbocycles. The van der Waals surface area contributed by atoms with Gasteiger partial charge >= 0.3 is 0 Å². The molecule has 166 valence electrons. The first kappa shape index (κ1) is 24.6. The molecule has 0 amide bonds. The molecule has 1 aromatic heterocycles. The van der Waals surface area contributed by atoms with Crippen LogP contribution in [0.1, 0.15) is 23.9 Å². The normalized spacial score (nSPS) is 11.0. The lowest BCUT2D eigenvalue weighted by Gasteiger charge is -2.14. The summed E-state index contributed by atoms with van der Waals surface area (Å²) in [6.45, 7) is 4.99. The van der Waals surface area contributed by atoms with E-state index in [9.17, 15) is 0 Å². The molecule has 0 fully saturated rings. The molecule has 2 N–H and O–H groups in total. The fourth-order valence-electron chi connectivity index (χ4n) is 3.19.